The van der Waals surface area contributed by atoms with Gasteiger partial charge in [-0.15, -0.1) is 0 Å². The molecule has 6 heteroatoms. The Kier molecular flexibility index (Phi) is 8.20. The second-order valence-corrected chi connectivity index (χ2v) is 10.7. The summed E-state index contributed by atoms with van der Waals surface area (Å²) in [5, 5.41) is 24.9. The van der Waals surface area contributed by atoms with E-state index in [0.717, 1.165) is 29.5 Å². The highest BCUT2D eigenvalue weighted by Gasteiger charge is 2.36. The van der Waals surface area contributed by atoms with Crippen molar-refractivity contribution in [2.45, 2.75) is 62.8 Å². The molecule has 6 nitrogen and oxygen atoms in total. The number of carbonyl (C=O) groups excluding carboxylic acids is 2. The van der Waals surface area contributed by atoms with Crippen LogP contribution < -0.4 is 5.32 Å². The second kappa shape index (κ2) is 11.9. The summed E-state index contributed by atoms with van der Waals surface area (Å²) in [6.07, 6.45) is 1.70. The Morgan fingerprint density at radius 2 is 1.61 bits per heavy atom. The molecule has 198 valence electrons. The first-order valence-electron chi connectivity index (χ1n) is 13.6. The van der Waals surface area contributed by atoms with E-state index in [9.17, 15) is 19.8 Å². The largest absolute Gasteiger partial charge is 0.391 e. The minimum Gasteiger partial charge on any atom is -0.391 e. The molecular weight excluding hydrogens is 476 g/mol. The van der Waals surface area contributed by atoms with Gasteiger partial charge in [-0.2, -0.15) is 0 Å². The molecule has 0 saturated carbocycles. The molecule has 1 heterocycles. The lowest BCUT2D eigenvalue weighted by molar-refractivity contribution is -0.131. The maximum absolute atomic E-state index is 13.6. The molecule has 2 amide bonds. The highest BCUT2D eigenvalue weighted by molar-refractivity contribution is 5.80. The summed E-state index contributed by atoms with van der Waals surface area (Å²) in [5.41, 5.74) is 4.16. The first-order chi connectivity index (χ1) is 18.5. The van der Waals surface area contributed by atoms with Crippen LogP contribution in [0.1, 0.15) is 47.6 Å². The fourth-order valence-electron chi connectivity index (χ4n) is 5.97. The van der Waals surface area contributed by atoms with Crippen molar-refractivity contribution >= 4 is 11.8 Å². The molecule has 38 heavy (non-hydrogen) atoms. The molecule has 0 radical (unpaired) electrons. The lowest BCUT2D eigenvalue weighted by Crippen LogP contribution is -2.43. The van der Waals surface area contributed by atoms with Crippen molar-refractivity contribution in [3.63, 3.8) is 0 Å². The van der Waals surface area contributed by atoms with E-state index >= 15 is 0 Å². The lowest BCUT2D eigenvalue weighted by atomic mass is 9.91. The van der Waals surface area contributed by atoms with Gasteiger partial charge in [-0.25, -0.2) is 0 Å². The maximum Gasteiger partial charge on any atom is 0.224 e. The van der Waals surface area contributed by atoms with Crippen molar-refractivity contribution < 1.29 is 19.8 Å². The van der Waals surface area contributed by atoms with Gasteiger partial charge in [-0.3, -0.25) is 9.59 Å². The number of carbonyl (C=O) groups is 2. The van der Waals surface area contributed by atoms with Crippen LogP contribution in [-0.2, 0) is 28.9 Å². The van der Waals surface area contributed by atoms with Crippen molar-refractivity contribution in [3.05, 3.63) is 107 Å². The van der Waals surface area contributed by atoms with E-state index in [4.69, 9.17) is 0 Å². The van der Waals surface area contributed by atoms with E-state index in [-0.39, 0.29) is 30.8 Å². The van der Waals surface area contributed by atoms with Crippen LogP contribution in [0.25, 0.3) is 0 Å². The zero-order valence-corrected chi connectivity index (χ0v) is 21.6. The second-order valence-electron chi connectivity index (χ2n) is 10.7. The molecule has 1 aliphatic heterocycles. The van der Waals surface area contributed by atoms with Crippen LogP contribution in [0.3, 0.4) is 0 Å². The number of amides is 2. The molecule has 1 saturated heterocycles. The fraction of sp³-hybridized carbons (Fsp3) is 0.375. The molecule has 0 aromatic heterocycles. The van der Waals surface area contributed by atoms with E-state index in [0.29, 0.717) is 19.3 Å². The van der Waals surface area contributed by atoms with Crippen LogP contribution in [0.15, 0.2) is 84.9 Å². The summed E-state index contributed by atoms with van der Waals surface area (Å²) in [6, 6.07) is 27.2. The molecule has 3 N–H and O–H groups in total. The summed E-state index contributed by atoms with van der Waals surface area (Å²) in [6.45, 7) is 0.212. The third-order valence-electron chi connectivity index (χ3n) is 7.93. The SMILES string of the molecule is O=C(NC1c2ccccc2C[C@H]1O)[C@H](Cc1ccccc1)C[C@H](O)CN1C(=O)CC[C@@H]1Cc1ccccc1. The number of hydrogen-bond acceptors (Lipinski definition) is 4. The Morgan fingerprint density at radius 3 is 2.34 bits per heavy atom. The molecular formula is C32H36N2O4. The number of β-amino-alcohol motifs (C(OH)–C–C–N with tert-alkyl or cyclic N) is 1. The highest BCUT2D eigenvalue weighted by atomic mass is 16.3. The van der Waals surface area contributed by atoms with Crippen LogP contribution in [0.5, 0.6) is 0 Å². The van der Waals surface area contributed by atoms with Gasteiger partial charge in [0.15, 0.2) is 0 Å². The number of rotatable bonds is 10. The number of benzene rings is 3. The predicted octanol–water partition coefficient (Wildman–Crippen LogP) is 3.60. The third-order valence-corrected chi connectivity index (χ3v) is 7.93. The Hall–Kier alpha value is -3.48. The Labute approximate surface area is 224 Å². The fourth-order valence-corrected chi connectivity index (χ4v) is 5.97. The predicted molar refractivity (Wildman–Crippen MR) is 146 cm³/mol. The van der Waals surface area contributed by atoms with Gasteiger partial charge < -0.3 is 20.4 Å². The first-order valence-corrected chi connectivity index (χ1v) is 13.6. The highest BCUT2D eigenvalue weighted by Crippen LogP contribution is 2.32. The number of nitrogens with zero attached hydrogens (tertiary/aromatic N) is 1. The standard InChI is InChI=1S/C32H36N2O4/c35-27(21-34-26(15-16-30(34)37)18-23-11-5-2-6-12-23)19-25(17-22-9-3-1-4-10-22)32(38)33-31-28-14-8-7-13-24(28)20-29(31)36/h1-14,25-27,29,31,35-36H,15-21H2,(H,33,38)/t25-,26-,27+,29-,31?/m1/s1. The third kappa shape index (κ3) is 6.14. The van der Waals surface area contributed by atoms with Crippen molar-refractivity contribution in [3.8, 4) is 0 Å². The molecule has 5 rings (SSSR count). The number of nitrogens with one attached hydrogen (secondary N) is 1. The average Bonchev–Trinajstić information content (AvgIpc) is 3.43. The van der Waals surface area contributed by atoms with Gasteiger partial charge in [-0.1, -0.05) is 84.9 Å². The molecule has 1 fully saturated rings. The van der Waals surface area contributed by atoms with E-state index in [1.807, 2.05) is 72.8 Å². The van der Waals surface area contributed by atoms with E-state index in [1.54, 1.807) is 4.90 Å². The molecule has 5 atom stereocenters. The van der Waals surface area contributed by atoms with Crippen LogP contribution in [0.4, 0.5) is 0 Å². The monoisotopic (exact) mass is 512 g/mol. The first kappa shape index (κ1) is 26.1. The Morgan fingerprint density at radius 1 is 0.947 bits per heavy atom. The number of likely N-dealkylation sites (tertiary alicyclic amines) is 1. The van der Waals surface area contributed by atoms with Crippen molar-refractivity contribution in [1.29, 1.82) is 0 Å². The minimum atomic E-state index is -0.837. The zero-order valence-electron chi connectivity index (χ0n) is 21.6. The van der Waals surface area contributed by atoms with Gasteiger partial charge in [0.2, 0.25) is 11.8 Å². The Balaban J connectivity index is 1.28. The molecule has 1 unspecified atom stereocenters. The van der Waals surface area contributed by atoms with Crippen molar-refractivity contribution in [2.24, 2.45) is 5.92 Å². The zero-order chi connectivity index (χ0) is 26.5. The smallest absolute Gasteiger partial charge is 0.224 e. The van der Waals surface area contributed by atoms with Crippen molar-refractivity contribution in [2.75, 3.05) is 6.54 Å². The maximum atomic E-state index is 13.6. The summed E-state index contributed by atoms with van der Waals surface area (Å²) in [7, 11) is 0. The van der Waals surface area contributed by atoms with E-state index in [2.05, 4.69) is 17.4 Å². The van der Waals surface area contributed by atoms with E-state index in [1.165, 1.54) is 5.56 Å². The summed E-state index contributed by atoms with van der Waals surface area (Å²) < 4.78 is 0. The van der Waals surface area contributed by atoms with Crippen LogP contribution in [0, 0.1) is 5.92 Å². The van der Waals surface area contributed by atoms with Gasteiger partial charge in [0, 0.05) is 31.3 Å². The number of aliphatic hydroxyl groups excluding tert-OH is 2. The molecule has 3 aromatic rings. The number of aliphatic hydroxyl groups is 2. The van der Waals surface area contributed by atoms with Gasteiger partial charge >= 0.3 is 0 Å². The van der Waals surface area contributed by atoms with Crippen LogP contribution in [-0.4, -0.2) is 51.7 Å². The molecule has 0 bridgehead atoms. The molecule has 3 aromatic carbocycles. The van der Waals surface area contributed by atoms with Gasteiger partial charge in [0.05, 0.1) is 18.2 Å². The Bertz CT molecular complexity index is 1230. The van der Waals surface area contributed by atoms with Gasteiger partial charge in [-0.05, 0) is 47.9 Å². The van der Waals surface area contributed by atoms with Crippen LogP contribution >= 0.6 is 0 Å². The quantitative estimate of drug-likeness (QED) is 0.387. The van der Waals surface area contributed by atoms with E-state index < -0.39 is 24.2 Å². The summed E-state index contributed by atoms with van der Waals surface area (Å²) >= 11 is 0. The lowest BCUT2D eigenvalue weighted by Gasteiger charge is -2.29. The van der Waals surface area contributed by atoms with Gasteiger partial charge in [0.1, 0.15) is 0 Å². The average molecular weight is 513 g/mol. The topological polar surface area (TPSA) is 89.9 Å². The van der Waals surface area contributed by atoms with Gasteiger partial charge in [0.25, 0.3) is 0 Å². The summed E-state index contributed by atoms with van der Waals surface area (Å²) in [4.78, 5) is 28.1. The van der Waals surface area contributed by atoms with Crippen LogP contribution in [0.2, 0.25) is 0 Å². The number of hydrogen-bond donors (Lipinski definition) is 3. The molecule has 2 aliphatic rings. The molecule has 1 aliphatic carbocycles. The number of fused-ring (bicyclic) bond motifs is 1. The van der Waals surface area contributed by atoms with Crippen molar-refractivity contribution in [1.82, 2.24) is 10.2 Å². The molecule has 0 spiro atoms. The summed E-state index contributed by atoms with van der Waals surface area (Å²) in [5.74, 6) is -0.639. The normalized spacial score (nSPS) is 22.2. The minimum absolute atomic E-state index is 0.0473.